The lowest BCUT2D eigenvalue weighted by molar-refractivity contribution is 1.05. The molecular weight excluding hydrogens is 643 g/mol. The molecule has 4 heterocycles. The Morgan fingerprint density at radius 3 is 2.06 bits per heavy atom. The second kappa shape index (κ2) is 10.9. The van der Waals surface area contributed by atoms with Crippen molar-refractivity contribution in [3.63, 3.8) is 0 Å². The molecule has 0 saturated heterocycles. The topological polar surface area (TPSA) is 46.8 Å². The molecule has 3 aromatic heterocycles. The molecule has 0 saturated carbocycles. The second-order valence-electron chi connectivity index (χ2n) is 12.9. The van der Waals surface area contributed by atoms with Crippen molar-refractivity contribution in [2.75, 3.05) is 4.90 Å². The van der Waals surface area contributed by atoms with Gasteiger partial charge in [0.2, 0.25) is 5.95 Å². The van der Waals surface area contributed by atoms with E-state index < -0.39 is 0 Å². The minimum Gasteiger partial charge on any atom is -0.280 e. The van der Waals surface area contributed by atoms with E-state index in [2.05, 4.69) is 167 Å². The molecule has 51 heavy (non-hydrogen) atoms. The van der Waals surface area contributed by atoms with Crippen molar-refractivity contribution >= 4 is 70.8 Å². The Balaban J connectivity index is 1.18. The first kappa shape index (κ1) is 28.2. The van der Waals surface area contributed by atoms with Crippen molar-refractivity contribution in [2.45, 2.75) is 0 Å². The van der Waals surface area contributed by atoms with Crippen molar-refractivity contribution in [1.29, 1.82) is 0 Å². The van der Waals surface area contributed by atoms with Crippen molar-refractivity contribution in [3.05, 3.63) is 164 Å². The normalized spacial score (nSPS) is 12.3. The lowest BCUT2D eigenvalue weighted by Crippen LogP contribution is -2.14. The Kier molecular flexibility index (Phi) is 6.05. The molecule has 0 aliphatic carbocycles. The van der Waals surface area contributed by atoms with Crippen molar-refractivity contribution in [3.8, 4) is 39.5 Å². The molecule has 0 atom stereocenters. The molecule has 10 aromatic rings. The maximum atomic E-state index is 5.40. The first-order valence-electron chi connectivity index (χ1n) is 17.0. The lowest BCUT2D eigenvalue weighted by atomic mass is 10.0. The Labute approximate surface area is 297 Å². The van der Waals surface area contributed by atoms with E-state index in [9.17, 15) is 0 Å². The average molecular weight is 670 g/mol. The van der Waals surface area contributed by atoms with E-state index in [0.29, 0.717) is 5.82 Å². The smallest absolute Gasteiger partial charge is 0.220 e. The Morgan fingerprint density at radius 2 is 1.20 bits per heavy atom. The Hall–Kier alpha value is -6.63. The van der Waals surface area contributed by atoms with Gasteiger partial charge in [0.25, 0.3) is 0 Å². The van der Waals surface area contributed by atoms with Crippen LogP contribution in [-0.2, 0) is 0 Å². The van der Waals surface area contributed by atoms with E-state index in [1.54, 1.807) is 11.3 Å². The molecule has 0 fully saturated rings. The fourth-order valence-electron chi connectivity index (χ4n) is 7.59. The van der Waals surface area contributed by atoms with Crippen LogP contribution in [0, 0.1) is 0 Å². The molecule has 7 aromatic carbocycles. The number of anilines is 3. The van der Waals surface area contributed by atoms with Crippen LogP contribution in [-0.4, -0.2) is 19.5 Å². The SMILES string of the molecule is c1ccc(-c2nc(-c3cccc(N4c5ccccc5-c5ccccc5-n5c4nc4cc6ccccc6cc45)c3)nc3c2sc2ccccc23)cc1. The van der Waals surface area contributed by atoms with Gasteiger partial charge in [-0.25, -0.2) is 15.0 Å². The maximum Gasteiger partial charge on any atom is 0.220 e. The number of rotatable bonds is 3. The van der Waals surface area contributed by atoms with Crippen LogP contribution >= 0.6 is 11.3 Å². The summed E-state index contributed by atoms with van der Waals surface area (Å²) in [4.78, 5) is 18.3. The highest BCUT2D eigenvalue weighted by Gasteiger charge is 2.29. The van der Waals surface area contributed by atoms with Crippen LogP contribution in [0.25, 0.3) is 81.6 Å². The highest BCUT2D eigenvalue weighted by Crippen LogP contribution is 2.48. The maximum absolute atomic E-state index is 5.40. The largest absolute Gasteiger partial charge is 0.280 e. The molecule has 11 rings (SSSR count). The number of hydrogen-bond donors (Lipinski definition) is 0. The van der Waals surface area contributed by atoms with Gasteiger partial charge in [-0.15, -0.1) is 11.3 Å². The summed E-state index contributed by atoms with van der Waals surface area (Å²) < 4.78 is 4.62. The Morgan fingerprint density at radius 1 is 0.510 bits per heavy atom. The third-order valence-corrected chi connectivity index (χ3v) is 11.1. The summed E-state index contributed by atoms with van der Waals surface area (Å²) in [5, 5.41) is 3.50. The second-order valence-corrected chi connectivity index (χ2v) is 13.9. The van der Waals surface area contributed by atoms with Gasteiger partial charge in [-0.2, -0.15) is 0 Å². The standard InChI is InChI=1S/C45H27N5S/c1-2-13-28(14-3-1)41-43-42(35-21-8-11-24-40(35)51-43)48-44(47-41)31-17-12-18-32(25-31)49-37-22-9-6-19-33(37)34-20-7-10-23-38(34)50-39-27-30-16-5-4-15-29(30)26-36(39)46-45(49)50/h1-27H. The first-order valence-corrected chi connectivity index (χ1v) is 17.9. The number of nitrogens with zero attached hydrogens (tertiary/aromatic N) is 5. The van der Waals surface area contributed by atoms with Crippen LogP contribution < -0.4 is 4.90 Å². The van der Waals surface area contributed by atoms with Crippen LogP contribution in [0.15, 0.2) is 164 Å². The van der Waals surface area contributed by atoms with E-state index in [4.69, 9.17) is 15.0 Å². The summed E-state index contributed by atoms with van der Waals surface area (Å²) in [6.45, 7) is 0. The summed E-state index contributed by atoms with van der Waals surface area (Å²) in [6, 6.07) is 57.8. The molecule has 0 bridgehead atoms. The van der Waals surface area contributed by atoms with Gasteiger partial charge in [0.1, 0.15) is 0 Å². The number of fused-ring (bicyclic) bond motifs is 11. The molecule has 0 spiro atoms. The Bertz CT molecular complexity index is 3000. The number of hydrogen-bond acceptors (Lipinski definition) is 5. The van der Waals surface area contributed by atoms with Crippen molar-refractivity contribution < 1.29 is 0 Å². The van der Waals surface area contributed by atoms with Crippen LogP contribution in [0.2, 0.25) is 0 Å². The number of thiophene rings is 1. The van der Waals surface area contributed by atoms with E-state index in [1.165, 1.54) is 15.5 Å². The van der Waals surface area contributed by atoms with E-state index in [1.807, 2.05) is 6.07 Å². The van der Waals surface area contributed by atoms with Gasteiger partial charge in [-0.3, -0.25) is 9.47 Å². The number of para-hydroxylation sites is 2. The predicted molar refractivity (Wildman–Crippen MR) is 212 cm³/mol. The molecule has 0 N–H and O–H groups in total. The average Bonchev–Trinajstić information content (AvgIpc) is 3.72. The minimum absolute atomic E-state index is 0.693. The van der Waals surface area contributed by atoms with Gasteiger partial charge in [0.15, 0.2) is 5.82 Å². The van der Waals surface area contributed by atoms with Gasteiger partial charge >= 0.3 is 0 Å². The fraction of sp³-hybridized carbons (Fsp3) is 0. The summed E-state index contributed by atoms with van der Waals surface area (Å²) in [5.74, 6) is 1.53. The van der Waals surface area contributed by atoms with Crippen LogP contribution in [0.5, 0.6) is 0 Å². The molecule has 0 amide bonds. The molecule has 1 aliphatic heterocycles. The van der Waals surface area contributed by atoms with E-state index in [0.717, 1.165) is 77.6 Å². The fourth-order valence-corrected chi connectivity index (χ4v) is 8.74. The summed E-state index contributed by atoms with van der Waals surface area (Å²) in [6.07, 6.45) is 0. The zero-order valence-corrected chi connectivity index (χ0v) is 28.0. The quantitative estimate of drug-likeness (QED) is 0.188. The van der Waals surface area contributed by atoms with Gasteiger partial charge < -0.3 is 0 Å². The molecular formula is C45H27N5S. The monoisotopic (exact) mass is 669 g/mol. The minimum atomic E-state index is 0.693. The highest BCUT2D eigenvalue weighted by atomic mass is 32.1. The van der Waals surface area contributed by atoms with E-state index >= 15 is 0 Å². The van der Waals surface area contributed by atoms with Gasteiger partial charge in [-0.1, -0.05) is 121 Å². The van der Waals surface area contributed by atoms with Crippen molar-refractivity contribution in [1.82, 2.24) is 19.5 Å². The van der Waals surface area contributed by atoms with Crippen LogP contribution in [0.1, 0.15) is 0 Å². The van der Waals surface area contributed by atoms with Crippen molar-refractivity contribution in [2.24, 2.45) is 0 Å². The number of aromatic nitrogens is 4. The molecule has 0 unspecified atom stereocenters. The van der Waals surface area contributed by atoms with Gasteiger partial charge in [0.05, 0.1) is 38.3 Å². The summed E-state index contributed by atoms with van der Waals surface area (Å²) in [5.41, 5.74) is 11.4. The van der Waals surface area contributed by atoms with Crippen LogP contribution in [0.4, 0.5) is 17.3 Å². The number of benzene rings is 7. The number of imidazole rings is 1. The van der Waals surface area contributed by atoms with Crippen LogP contribution in [0.3, 0.4) is 0 Å². The zero-order chi connectivity index (χ0) is 33.5. The predicted octanol–water partition coefficient (Wildman–Crippen LogP) is 12.1. The zero-order valence-electron chi connectivity index (χ0n) is 27.2. The third-order valence-electron chi connectivity index (χ3n) is 9.91. The molecule has 5 nitrogen and oxygen atoms in total. The first-order chi connectivity index (χ1) is 25.3. The van der Waals surface area contributed by atoms with Gasteiger partial charge in [-0.05, 0) is 53.2 Å². The molecule has 6 heteroatoms. The van der Waals surface area contributed by atoms with E-state index in [-0.39, 0.29) is 0 Å². The van der Waals surface area contributed by atoms with Gasteiger partial charge in [0, 0.05) is 38.0 Å². The summed E-state index contributed by atoms with van der Waals surface area (Å²) in [7, 11) is 0. The lowest BCUT2D eigenvalue weighted by Gasteiger charge is -2.25. The molecule has 0 radical (unpaired) electrons. The third kappa shape index (κ3) is 4.30. The molecule has 238 valence electrons. The summed E-state index contributed by atoms with van der Waals surface area (Å²) >= 11 is 1.75. The molecule has 1 aliphatic rings. The highest BCUT2D eigenvalue weighted by molar-refractivity contribution is 7.26.